The maximum Gasteiger partial charge on any atom is 0.103 e. The number of thiazole rings is 1. The molecule has 1 aromatic carbocycles. The summed E-state index contributed by atoms with van der Waals surface area (Å²) in [6.07, 6.45) is 2.67. The maximum absolute atomic E-state index is 9.93. The van der Waals surface area contributed by atoms with Gasteiger partial charge >= 0.3 is 0 Å². The van der Waals surface area contributed by atoms with Gasteiger partial charge in [0.25, 0.3) is 0 Å². The average Bonchev–Trinajstić information content (AvgIpc) is 2.81. The van der Waals surface area contributed by atoms with E-state index in [9.17, 15) is 5.11 Å². The monoisotopic (exact) mass is 355 g/mol. The maximum atomic E-state index is 9.93. The first-order chi connectivity index (χ1) is 9.22. The highest BCUT2D eigenvalue weighted by molar-refractivity contribution is 9.10. The molecule has 1 aromatic heterocycles. The van der Waals surface area contributed by atoms with Crippen molar-refractivity contribution in [3.05, 3.63) is 44.3 Å². The minimum Gasteiger partial charge on any atom is -0.387 e. The molecule has 0 bridgehead atoms. The quantitative estimate of drug-likeness (QED) is 0.818. The molecule has 0 radical (unpaired) electrons. The lowest BCUT2D eigenvalue weighted by Crippen LogP contribution is -2.07. The molecule has 0 aliphatic heterocycles. The van der Waals surface area contributed by atoms with Crippen LogP contribution in [0, 0.1) is 0 Å². The van der Waals surface area contributed by atoms with Gasteiger partial charge in [-0.2, -0.15) is 0 Å². The van der Waals surface area contributed by atoms with Crippen molar-refractivity contribution in [2.24, 2.45) is 0 Å². The third-order valence-electron chi connectivity index (χ3n) is 3.13. The van der Waals surface area contributed by atoms with Crippen LogP contribution in [0.5, 0.6) is 0 Å². The summed E-state index contributed by atoms with van der Waals surface area (Å²) >= 11 is 7.03. The van der Waals surface area contributed by atoms with Crippen molar-refractivity contribution in [3.63, 3.8) is 0 Å². The van der Waals surface area contributed by atoms with E-state index >= 15 is 0 Å². The van der Waals surface area contributed by atoms with Crippen molar-refractivity contribution in [2.75, 3.05) is 0 Å². The molecule has 5 heteroatoms. The van der Waals surface area contributed by atoms with Crippen molar-refractivity contribution in [1.82, 2.24) is 4.98 Å². The van der Waals surface area contributed by atoms with Crippen LogP contribution in [0.25, 0.3) is 0 Å². The van der Waals surface area contributed by atoms with Crippen LogP contribution in [-0.4, -0.2) is 10.1 Å². The van der Waals surface area contributed by atoms with Gasteiger partial charge in [-0.1, -0.05) is 22.0 Å². The fraction of sp³-hybridized carbons (Fsp3) is 0.357. The molecule has 2 aromatic rings. The van der Waals surface area contributed by atoms with Crippen LogP contribution < -0.4 is 0 Å². The van der Waals surface area contributed by atoms with Gasteiger partial charge in [0.15, 0.2) is 0 Å². The summed E-state index contributed by atoms with van der Waals surface area (Å²) in [6.45, 7) is 0. The topological polar surface area (TPSA) is 33.1 Å². The van der Waals surface area contributed by atoms with Crippen molar-refractivity contribution in [2.45, 2.75) is 36.0 Å². The van der Waals surface area contributed by atoms with Crippen LogP contribution in [0.15, 0.2) is 33.6 Å². The first-order valence-electron chi connectivity index (χ1n) is 6.27. The Balaban J connectivity index is 1.71. The lowest BCUT2D eigenvalue weighted by atomic mass is 10.0. The van der Waals surface area contributed by atoms with E-state index in [1.165, 1.54) is 9.77 Å². The fourth-order valence-corrected chi connectivity index (χ4v) is 4.87. The normalized spacial score (nSPS) is 18.3. The van der Waals surface area contributed by atoms with E-state index in [0.717, 1.165) is 40.2 Å². The molecular weight excluding hydrogens is 342 g/mol. The number of nitrogens with zero attached hydrogens (tertiary/aromatic N) is 1. The molecule has 0 amide bonds. The Morgan fingerprint density at radius 2 is 2.37 bits per heavy atom. The van der Waals surface area contributed by atoms with Gasteiger partial charge in [-0.15, -0.1) is 23.1 Å². The summed E-state index contributed by atoms with van der Waals surface area (Å²) in [6, 6.07) is 8.30. The molecule has 1 N–H and O–H groups in total. The van der Waals surface area contributed by atoms with Gasteiger partial charge in [0.05, 0.1) is 17.6 Å². The number of aryl methyl sites for hydroxylation is 1. The molecule has 0 saturated carbocycles. The molecule has 1 unspecified atom stereocenters. The van der Waals surface area contributed by atoms with E-state index in [0.29, 0.717) is 0 Å². The van der Waals surface area contributed by atoms with Gasteiger partial charge in [0.1, 0.15) is 5.01 Å². The number of aromatic nitrogens is 1. The molecule has 1 aliphatic rings. The third kappa shape index (κ3) is 3.21. The predicted molar refractivity (Wildman–Crippen MR) is 83.7 cm³/mol. The molecule has 1 heterocycles. The third-order valence-corrected chi connectivity index (χ3v) is 5.94. The van der Waals surface area contributed by atoms with Crippen LogP contribution in [0.4, 0.5) is 0 Å². The molecule has 0 spiro atoms. The Morgan fingerprint density at radius 1 is 1.47 bits per heavy atom. The lowest BCUT2D eigenvalue weighted by molar-refractivity contribution is 0.153. The van der Waals surface area contributed by atoms with Crippen LogP contribution in [0.1, 0.15) is 34.5 Å². The molecule has 0 fully saturated rings. The fourth-order valence-electron chi connectivity index (χ4n) is 2.21. The number of hydrogen-bond acceptors (Lipinski definition) is 4. The van der Waals surface area contributed by atoms with Gasteiger partial charge in [0.2, 0.25) is 0 Å². The molecule has 100 valence electrons. The molecule has 2 nitrogen and oxygen atoms in total. The van der Waals surface area contributed by atoms with E-state index in [-0.39, 0.29) is 6.10 Å². The SMILES string of the molecule is OC1CCCc2sc(CSc3cccc(Br)c3)nc21. The van der Waals surface area contributed by atoms with Crippen molar-refractivity contribution < 1.29 is 5.11 Å². The lowest BCUT2D eigenvalue weighted by Gasteiger charge is -2.14. The molecule has 1 aliphatic carbocycles. The summed E-state index contributed by atoms with van der Waals surface area (Å²) < 4.78 is 1.10. The highest BCUT2D eigenvalue weighted by Gasteiger charge is 2.22. The van der Waals surface area contributed by atoms with E-state index in [4.69, 9.17) is 0 Å². The Morgan fingerprint density at radius 3 is 3.16 bits per heavy atom. The predicted octanol–water partition coefficient (Wildman–Crippen LogP) is 4.57. The Kier molecular flexibility index (Phi) is 4.27. The van der Waals surface area contributed by atoms with Gasteiger partial charge in [0, 0.05) is 14.2 Å². The summed E-state index contributed by atoms with van der Waals surface area (Å²) in [4.78, 5) is 7.13. The van der Waals surface area contributed by atoms with Crippen molar-refractivity contribution in [3.8, 4) is 0 Å². The van der Waals surface area contributed by atoms with Gasteiger partial charge in [-0.25, -0.2) is 4.98 Å². The van der Waals surface area contributed by atoms with Crippen molar-refractivity contribution in [1.29, 1.82) is 0 Å². The van der Waals surface area contributed by atoms with Crippen LogP contribution in [-0.2, 0) is 12.2 Å². The number of benzene rings is 1. The van der Waals surface area contributed by atoms with Crippen molar-refractivity contribution >= 4 is 39.0 Å². The molecular formula is C14H14BrNOS2. The van der Waals surface area contributed by atoms with Crippen LogP contribution in [0.3, 0.4) is 0 Å². The summed E-state index contributed by atoms with van der Waals surface area (Å²) in [7, 11) is 0. The Hall–Kier alpha value is -0.360. The highest BCUT2D eigenvalue weighted by Crippen LogP contribution is 2.35. The number of thioether (sulfide) groups is 1. The van der Waals surface area contributed by atoms with Gasteiger partial charge in [-0.3, -0.25) is 0 Å². The number of fused-ring (bicyclic) bond motifs is 1. The van der Waals surface area contributed by atoms with E-state index in [1.54, 1.807) is 23.1 Å². The van der Waals surface area contributed by atoms with E-state index in [2.05, 4.69) is 33.0 Å². The number of hydrogen-bond donors (Lipinski definition) is 1. The van der Waals surface area contributed by atoms with E-state index < -0.39 is 0 Å². The first kappa shape index (κ1) is 13.6. The molecule has 3 rings (SSSR count). The number of aliphatic hydroxyl groups is 1. The average molecular weight is 356 g/mol. The smallest absolute Gasteiger partial charge is 0.103 e. The first-order valence-corrected chi connectivity index (χ1v) is 8.87. The largest absolute Gasteiger partial charge is 0.387 e. The molecule has 0 saturated heterocycles. The standard InChI is InChI=1S/C14H14BrNOS2/c15-9-3-1-4-10(7-9)18-8-13-16-14-11(17)5-2-6-12(14)19-13/h1,3-4,7,11,17H,2,5-6,8H2. The van der Waals surface area contributed by atoms with Gasteiger partial charge in [-0.05, 0) is 37.5 Å². The zero-order valence-corrected chi connectivity index (χ0v) is 13.5. The highest BCUT2D eigenvalue weighted by atomic mass is 79.9. The molecule has 19 heavy (non-hydrogen) atoms. The summed E-state index contributed by atoms with van der Waals surface area (Å²) in [5.41, 5.74) is 0.932. The summed E-state index contributed by atoms with van der Waals surface area (Å²) in [5.74, 6) is 0.876. The van der Waals surface area contributed by atoms with Crippen LogP contribution in [0.2, 0.25) is 0 Å². The second-order valence-electron chi connectivity index (χ2n) is 4.57. The minimum absolute atomic E-state index is 0.343. The minimum atomic E-state index is -0.343. The summed E-state index contributed by atoms with van der Waals surface area (Å²) in [5, 5.41) is 11.0. The Bertz CT molecular complexity index is 585. The zero-order valence-electron chi connectivity index (χ0n) is 10.3. The van der Waals surface area contributed by atoms with Crippen LogP contribution >= 0.6 is 39.0 Å². The van der Waals surface area contributed by atoms with E-state index in [1.807, 2.05) is 12.1 Å². The number of aliphatic hydroxyl groups excluding tert-OH is 1. The second-order valence-corrected chi connectivity index (χ2v) is 7.70. The zero-order chi connectivity index (χ0) is 13.2. The Labute approximate surface area is 129 Å². The number of rotatable bonds is 3. The second kappa shape index (κ2) is 5.95. The number of halogens is 1. The molecule has 1 atom stereocenters. The van der Waals surface area contributed by atoms with Gasteiger partial charge < -0.3 is 5.11 Å².